The lowest BCUT2D eigenvalue weighted by Crippen LogP contribution is -2.38. The van der Waals surface area contributed by atoms with Gasteiger partial charge in [0.15, 0.2) is 0 Å². The molecule has 0 atom stereocenters. The summed E-state index contributed by atoms with van der Waals surface area (Å²) < 4.78 is 4.95. The van der Waals surface area contributed by atoms with E-state index in [1.54, 1.807) is 29.2 Å². The Bertz CT molecular complexity index is 529. The smallest absolute Gasteiger partial charge is 0.308 e. The number of amides is 1. The number of rotatable bonds is 2. The van der Waals surface area contributed by atoms with Crippen molar-refractivity contribution in [3.63, 3.8) is 0 Å². The Balaban J connectivity index is 0.00000106. The molecular formula is C16H19NO4. The van der Waals surface area contributed by atoms with Gasteiger partial charge in [-0.1, -0.05) is 6.07 Å². The van der Waals surface area contributed by atoms with Crippen molar-refractivity contribution >= 4 is 17.7 Å². The van der Waals surface area contributed by atoms with E-state index < -0.39 is 5.97 Å². The SMILES string of the molecule is C=C.CC(=O)Oc1cccc(C(=O)N2CCC(=O)CC2)c1. The predicted molar refractivity (Wildman–Crippen MR) is 79.1 cm³/mol. The maximum atomic E-state index is 12.2. The zero-order chi connectivity index (χ0) is 15.8. The first-order chi connectivity index (χ1) is 10.1. The van der Waals surface area contributed by atoms with Gasteiger partial charge in [0, 0.05) is 38.4 Å². The van der Waals surface area contributed by atoms with Crippen molar-refractivity contribution in [2.24, 2.45) is 0 Å². The van der Waals surface area contributed by atoms with Crippen molar-refractivity contribution in [2.45, 2.75) is 19.8 Å². The minimum absolute atomic E-state index is 0.137. The second-order valence-electron chi connectivity index (χ2n) is 4.45. The van der Waals surface area contributed by atoms with Crippen LogP contribution in [0.2, 0.25) is 0 Å². The second-order valence-corrected chi connectivity index (χ2v) is 4.45. The van der Waals surface area contributed by atoms with E-state index in [4.69, 9.17) is 4.74 Å². The molecule has 1 fully saturated rings. The number of Topliss-reactive ketones (excluding diaryl/α,β-unsaturated/α-hetero) is 1. The van der Waals surface area contributed by atoms with Gasteiger partial charge in [-0.25, -0.2) is 0 Å². The fraction of sp³-hybridized carbons (Fsp3) is 0.312. The monoisotopic (exact) mass is 289 g/mol. The van der Waals surface area contributed by atoms with E-state index in [9.17, 15) is 14.4 Å². The van der Waals surface area contributed by atoms with Gasteiger partial charge in [-0.15, -0.1) is 13.2 Å². The molecule has 1 aromatic rings. The number of hydrogen-bond donors (Lipinski definition) is 0. The van der Waals surface area contributed by atoms with Crippen molar-refractivity contribution in [3.05, 3.63) is 43.0 Å². The molecule has 0 bridgehead atoms. The van der Waals surface area contributed by atoms with Crippen molar-refractivity contribution < 1.29 is 19.1 Å². The zero-order valence-corrected chi connectivity index (χ0v) is 12.1. The molecule has 0 N–H and O–H groups in total. The fourth-order valence-corrected chi connectivity index (χ4v) is 2.00. The number of piperidine rings is 1. The van der Waals surface area contributed by atoms with Gasteiger partial charge in [-0.2, -0.15) is 0 Å². The van der Waals surface area contributed by atoms with Gasteiger partial charge in [0.2, 0.25) is 0 Å². The summed E-state index contributed by atoms with van der Waals surface area (Å²) in [7, 11) is 0. The number of esters is 1. The van der Waals surface area contributed by atoms with Gasteiger partial charge in [0.1, 0.15) is 11.5 Å². The van der Waals surface area contributed by atoms with Crippen molar-refractivity contribution in [3.8, 4) is 5.75 Å². The van der Waals surface area contributed by atoms with Gasteiger partial charge in [0.05, 0.1) is 0 Å². The van der Waals surface area contributed by atoms with Gasteiger partial charge in [-0.05, 0) is 18.2 Å². The summed E-state index contributed by atoms with van der Waals surface area (Å²) >= 11 is 0. The largest absolute Gasteiger partial charge is 0.427 e. The molecule has 1 heterocycles. The van der Waals surface area contributed by atoms with Crippen LogP contribution in [0.25, 0.3) is 0 Å². The first-order valence-corrected chi connectivity index (χ1v) is 6.66. The molecule has 1 aromatic carbocycles. The number of hydrogen-bond acceptors (Lipinski definition) is 4. The Morgan fingerprint density at radius 2 is 1.81 bits per heavy atom. The van der Waals surface area contributed by atoms with Crippen LogP contribution in [0, 0.1) is 0 Å². The summed E-state index contributed by atoms with van der Waals surface area (Å²) in [4.78, 5) is 35.9. The zero-order valence-electron chi connectivity index (χ0n) is 12.1. The van der Waals surface area contributed by atoms with Crippen molar-refractivity contribution in [1.29, 1.82) is 0 Å². The predicted octanol–water partition coefficient (Wildman–Crippen LogP) is 2.22. The first kappa shape index (κ1) is 16.6. The van der Waals surface area contributed by atoms with Crippen LogP contribution in [0.4, 0.5) is 0 Å². The molecule has 0 saturated carbocycles. The quantitative estimate of drug-likeness (QED) is 0.476. The topological polar surface area (TPSA) is 63.7 Å². The van der Waals surface area contributed by atoms with Crippen LogP contribution in [0.5, 0.6) is 5.75 Å². The van der Waals surface area contributed by atoms with Gasteiger partial charge >= 0.3 is 5.97 Å². The van der Waals surface area contributed by atoms with Gasteiger partial charge in [0.25, 0.3) is 5.91 Å². The molecule has 5 nitrogen and oxygen atoms in total. The lowest BCUT2D eigenvalue weighted by atomic mass is 10.1. The van der Waals surface area contributed by atoms with Crippen LogP contribution in [-0.4, -0.2) is 35.6 Å². The van der Waals surface area contributed by atoms with Gasteiger partial charge < -0.3 is 9.64 Å². The molecule has 0 aliphatic carbocycles. The highest BCUT2D eigenvalue weighted by Crippen LogP contribution is 2.17. The van der Waals surface area contributed by atoms with E-state index in [2.05, 4.69) is 13.2 Å². The van der Waals surface area contributed by atoms with Gasteiger partial charge in [-0.3, -0.25) is 14.4 Å². The van der Waals surface area contributed by atoms with Crippen LogP contribution in [0.3, 0.4) is 0 Å². The molecule has 1 aliphatic heterocycles. The Hall–Kier alpha value is -2.43. The molecule has 5 heteroatoms. The molecule has 21 heavy (non-hydrogen) atoms. The lowest BCUT2D eigenvalue weighted by molar-refractivity contribution is -0.131. The summed E-state index contributed by atoms with van der Waals surface area (Å²) in [6, 6.07) is 6.50. The molecule has 0 radical (unpaired) electrons. The summed E-state index contributed by atoms with van der Waals surface area (Å²) in [6.07, 6.45) is 0.824. The molecule has 0 aromatic heterocycles. The molecule has 0 spiro atoms. The van der Waals surface area contributed by atoms with E-state index in [0.717, 1.165) is 0 Å². The average Bonchev–Trinajstić information content (AvgIpc) is 2.49. The minimum atomic E-state index is -0.423. The molecule has 1 aliphatic rings. The highest BCUT2D eigenvalue weighted by Gasteiger charge is 2.22. The highest BCUT2D eigenvalue weighted by atomic mass is 16.5. The number of benzene rings is 1. The Labute approximate surface area is 124 Å². The Morgan fingerprint density at radius 3 is 2.38 bits per heavy atom. The number of ether oxygens (including phenoxy) is 1. The molecule has 0 unspecified atom stereocenters. The van der Waals surface area contributed by atoms with Crippen molar-refractivity contribution in [2.75, 3.05) is 13.1 Å². The lowest BCUT2D eigenvalue weighted by Gasteiger charge is -2.26. The third-order valence-electron chi connectivity index (χ3n) is 2.95. The third-order valence-corrected chi connectivity index (χ3v) is 2.95. The number of ketones is 1. The van der Waals surface area contributed by atoms with E-state index in [1.165, 1.54) is 6.92 Å². The van der Waals surface area contributed by atoms with Crippen LogP contribution in [-0.2, 0) is 9.59 Å². The summed E-state index contributed by atoms with van der Waals surface area (Å²) in [5, 5.41) is 0. The van der Waals surface area contributed by atoms with E-state index in [-0.39, 0.29) is 11.7 Å². The standard InChI is InChI=1S/C14H15NO4.C2H4/c1-10(16)19-13-4-2-3-11(9-13)14(18)15-7-5-12(17)6-8-15;1-2/h2-4,9H,5-8H2,1H3;1-2H2. The fourth-order valence-electron chi connectivity index (χ4n) is 2.00. The second kappa shape index (κ2) is 7.99. The van der Waals surface area contributed by atoms with Crippen molar-refractivity contribution in [1.82, 2.24) is 4.90 Å². The first-order valence-electron chi connectivity index (χ1n) is 6.66. The molecule has 2 rings (SSSR count). The van der Waals surface area contributed by atoms with Crippen LogP contribution >= 0.6 is 0 Å². The maximum absolute atomic E-state index is 12.2. The van der Waals surface area contributed by atoms with Crippen LogP contribution in [0.15, 0.2) is 37.4 Å². The van der Waals surface area contributed by atoms with Crippen LogP contribution < -0.4 is 4.74 Å². The minimum Gasteiger partial charge on any atom is -0.427 e. The number of likely N-dealkylation sites (tertiary alicyclic amines) is 1. The molecular weight excluding hydrogens is 270 g/mol. The highest BCUT2D eigenvalue weighted by molar-refractivity contribution is 5.96. The normalized spacial score (nSPS) is 14.0. The summed E-state index contributed by atoms with van der Waals surface area (Å²) in [5.41, 5.74) is 0.466. The third kappa shape index (κ3) is 4.87. The van der Waals surface area contributed by atoms with Crippen LogP contribution in [0.1, 0.15) is 30.1 Å². The van der Waals surface area contributed by atoms with E-state index in [1.807, 2.05) is 0 Å². The van der Waals surface area contributed by atoms with E-state index in [0.29, 0.717) is 37.2 Å². The molecule has 1 amide bonds. The number of nitrogens with zero attached hydrogens (tertiary/aromatic N) is 1. The maximum Gasteiger partial charge on any atom is 0.308 e. The summed E-state index contributed by atoms with van der Waals surface area (Å²) in [6.45, 7) is 8.22. The average molecular weight is 289 g/mol. The van der Waals surface area contributed by atoms with E-state index >= 15 is 0 Å². The molecule has 1 saturated heterocycles. The Morgan fingerprint density at radius 1 is 1.19 bits per heavy atom. The summed E-state index contributed by atoms with van der Waals surface area (Å²) in [5.74, 6) is -0.0150. The Kier molecular flexibility index (Phi) is 6.33. The number of carbonyl (C=O) groups is 3. The number of carbonyl (C=O) groups excluding carboxylic acids is 3. The molecule has 112 valence electrons.